The highest BCUT2D eigenvalue weighted by atomic mass is 16.6. The maximum absolute atomic E-state index is 6.44. The normalized spacial score (nSPS) is 11.5. The van der Waals surface area contributed by atoms with Gasteiger partial charge in [0.1, 0.15) is 11.5 Å². The van der Waals surface area contributed by atoms with Gasteiger partial charge in [-0.25, -0.2) is 0 Å². The molecule has 63 heavy (non-hydrogen) atoms. The Morgan fingerprint density at radius 2 is 0.524 bits per heavy atom. The topological polar surface area (TPSA) is 18.5 Å². The van der Waals surface area contributed by atoms with E-state index >= 15 is 0 Å². The summed E-state index contributed by atoms with van der Waals surface area (Å²) in [6, 6.07) is 82.6. The molecule has 12 aromatic carbocycles. The zero-order chi connectivity index (χ0) is 41.7. The summed E-state index contributed by atoms with van der Waals surface area (Å²) in [7, 11) is 0.0776. The smallest absolute Gasteiger partial charge is 0.528 e. The molecule has 0 aliphatic heterocycles. The lowest BCUT2D eigenvalue weighted by atomic mass is 9.85. The predicted molar refractivity (Wildman–Crippen MR) is 268 cm³/mol. The van der Waals surface area contributed by atoms with Crippen molar-refractivity contribution in [2.24, 2.45) is 0 Å². The van der Waals surface area contributed by atoms with Gasteiger partial charge in [-0.2, -0.15) is 0 Å². The molecular formula is C60H39BO2. The van der Waals surface area contributed by atoms with Gasteiger partial charge in [0.25, 0.3) is 0 Å². The SMILES string of the molecule is B(Oc1cccc2cc(-c3c4ccccc4c(-c4ccccc4)c4ccccc34)ccc12)Oc1cccc2cc(-c3c4ccccc4c(-c4ccccc4)c4ccccc34)ccc12. The minimum atomic E-state index is 0.0776. The molecule has 0 N–H and O–H groups in total. The average Bonchev–Trinajstić information content (AvgIpc) is 3.35. The first-order valence-corrected chi connectivity index (χ1v) is 21.6. The monoisotopic (exact) mass is 802 g/mol. The van der Waals surface area contributed by atoms with E-state index in [2.05, 4.69) is 218 Å². The molecule has 294 valence electrons. The summed E-state index contributed by atoms with van der Waals surface area (Å²) in [6.07, 6.45) is 0. The number of hydrogen-bond acceptors (Lipinski definition) is 2. The van der Waals surface area contributed by atoms with Crippen LogP contribution in [0.25, 0.3) is 109 Å². The number of hydrogen-bond donors (Lipinski definition) is 0. The van der Waals surface area contributed by atoms with Crippen molar-refractivity contribution in [3.05, 3.63) is 231 Å². The van der Waals surface area contributed by atoms with E-state index in [-0.39, 0.29) is 7.69 Å². The summed E-state index contributed by atoms with van der Waals surface area (Å²) in [4.78, 5) is 0. The largest absolute Gasteiger partial charge is 0.576 e. The fourth-order valence-electron chi connectivity index (χ4n) is 9.94. The highest BCUT2D eigenvalue weighted by Gasteiger charge is 2.19. The molecule has 12 rings (SSSR count). The zero-order valence-electron chi connectivity index (χ0n) is 34.5. The second kappa shape index (κ2) is 15.4. The van der Waals surface area contributed by atoms with Gasteiger partial charge in [0.2, 0.25) is 0 Å². The lowest BCUT2D eigenvalue weighted by Crippen LogP contribution is -2.11. The van der Waals surface area contributed by atoms with E-state index in [0.717, 1.165) is 33.0 Å². The van der Waals surface area contributed by atoms with Crippen LogP contribution in [0.4, 0.5) is 0 Å². The van der Waals surface area contributed by atoms with E-state index < -0.39 is 0 Å². The molecule has 0 atom stereocenters. The third kappa shape index (κ3) is 6.28. The lowest BCUT2D eigenvalue weighted by Gasteiger charge is -2.18. The van der Waals surface area contributed by atoms with Gasteiger partial charge in [-0.05, 0) is 123 Å². The lowest BCUT2D eigenvalue weighted by molar-refractivity contribution is 0.465. The first-order valence-electron chi connectivity index (χ1n) is 21.6. The van der Waals surface area contributed by atoms with Crippen LogP contribution in [-0.2, 0) is 0 Å². The van der Waals surface area contributed by atoms with Crippen molar-refractivity contribution in [3.8, 4) is 56.0 Å². The quantitative estimate of drug-likeness (QED) is 0.113. The van der Waals surface area contributed by atoms with Crippen LogP contribution >= 0.6 is 0 Å². The summed E-state index contributed by atoms with van der Waals surface area (Å²) in [5, 5.41) is 14.2. The van der Waals surface area contributed by atoms with Gasteiger partial charge in [-0.15, -0.1) is 0 Å². The summed E-state index contributed by atoms with van der Waals surface area (Å²) in [5.41, 5.74) is 9.80. The van der Waals surface area contributed by atoms with Gasteiger partial charge in [0, 0.05) is 10.8 Å². The van der Waals surface area contributed by atoms with E-state index in [1.807, 2.05) is 12.1 Å². The van der Waals surface area contributed by atoms with Gasteiger partial charge in [-0.1, -0.05) is 206 Å². The van der Waals surface area contributed by atoms with Gasteiger partial charge < -0.3 is 9.31 Å². The van der Waals surface area contributed by atoms with E-state index in [4.69, 9.17) is 9.31 Å². The predicted octanol–water partition coefficient (Wildman–Crippen LogP) is 16.0. The van der Waals surface area contributed by atoms with Gasteiger partial charge in [0.05, 0.1) is 0 Å². The Balaban J connectivity index is 0.866. The molecule has 0 aliphatic carbocycles. The van der Waals surface area contributed by atoms with Crippen LogP contribution in [0.15, 0.2) is 231 Å². The van der Waals surface area contributed by atoms with Crippen LogP contribution in [0.5, 0.6) is 11.5 Å². The molecule has 0 aromatic heterocycles. The Morgan fingerprint density at radius 3 is 0.857 bits per heavy atom. The van der Waals surface area contributed by atoms with Gasteiger partial charge in [-0.3, -0.25) is 0 Å². The molecule has 0 saturated carbocycles. The zero-order valence-corrected chi connectivity index (χ0v) is 34.5. The van der Waals surface area contributed by atoms with Crippen molar-refractivity contribution in [1.82, 2.24) is 0 Å². The summed E-state index contributed by atoms with van der Waals surface area (Å²) in [6.45, 7) is 0. The van der Waals surface area contributed by atoms with Gasteiger partial charge >= 0.3 is 7.69 Å². The van der Waals surface area contributed by atoms with Crippen LogP contribution < -0.4 is 9.31 Å². The van der Waals surface area contributed by atoms with Crippen LogP contribution in [0, 0.1) is 0 Å². The third-order valence-electron chi connectivity index (χ3n) is 12.7. The van der Waals surface area contributed by atoms with Crippen molar-refractivity contribution in [2.75, 3.05) is 0 Å². The van der Waals surface area contributed by atoms with E-state index in [9.17, 15) is 0 Å². The molecule has 0 aliphatic rings. The maximum atomic E-state index is 6.44. The maximum Gasteiger partial charge on any atom is 0.576 e. The first-order chi connectivity index (χ1) is 31.3. The minimum Gasteiger partial charge on any atom is -0.528 e. The molecule has 0 amide bonds. The molecule has 12 aromatic rings. The Kier molecular flexibility index (Phi) is 8.97. The molecule has 0 unspecified atom stereocenters. The third-order valence-corrected chi connectivity index (χ3v) is 12.7. The average molecular weight is 803 g/mol. The van der Waals surface area contributed by atoms with Crippen LogP contribution in [0.1, 0.15) is 0 Å². The standard InChI is InChI=1S/C60H39BO2/c1-3-17-39(18-4-1)57-47-23-7-11-27-51(47)59(52-28-12-8-24-48(52)57)43-33-35-45-41(37-43)21-15-31-55(45)62-61-63-56-32-16-22-42-38-44(34-36-46(42)56)60-53-29-13-9-25-49(53)58(40-19-5-2-6-20-40)50-26-10-14-30-54(50)60/h1-38,61H. The number of fused-ring (bicyclic) bond motifs is 6. The summed E-state index contributed by atoms with van der Waals surface area (Å²) >= 11 is 0. The summed E-state index contributed by atoms with van der Waals surface area (Å²) < 4.78 is 12.9. The van der Waals surface area contributed by atoms with Crippen molar-refractivity contribution in [1.29, 1.82) is 0 Å². The van der Waals surface area contributed by atoms with E-state index in [1.54, 1.807) is 0 Å². The van der Waals surface area contributed by atoms with Crippen LogP contribution in [0.2, 0.25) is 0 Å². The molecule has 0 radical (unpaired) electrons. The molecule has 0 heterocycles. The van der Waals surface area contributed by atoms with Crippen molar-refractivity contribution in [3.63, 3.8) is 0 Å². The Hall–Kier alpha value is -8.14. The van der Waals surface area contributed by atoms with Crippen LogP contribution in [-0.4, -0.2) is 7.69 Å². The van der Waals surface area contributed by atoms with Crippen LogP contribution in [0.3, 0.4) is 0 Å². The van der Waals surface area contributed by atoms with E-state index in [1.165, 1.54) is 87.6 Å². The highest BCUT2D eigenvalue weighted by Crippen LogP contribution is 2.46. The molecule has 0 spiro atoms. The molecular weight excluding hydrogens is 763 g/mol. The Labute approximate surface area is 366 Å². The molecule has 0 bridgehead atoms. The van der Waals surface area contributed by atoms with Crippen molar-refractivity contribution < 1.29 is 9.31 Å². The van der Waals surface area contributed by atoms with E-state index in [0.29, 0.717) is 0 Å². The van der Waals surface area contributed by atoms with Gasteiger partial charge in [0.15, 0.2) is 0 Å². The highest BCUT2D eigenvalue weighted by molar-refractivity contribution is 6.24. The van der Waals surface area contributed by atoms with Crippen molar-refractivity contribution >= 4 is 72.3 Å². The number of benzene rings is 12. The fourth-order valence-corrected chi connectivity index (χ4v) is 9.94. The second-order valence-corrected chi connectivity index (χ2v) is 16.2. The fraction of sp³-hybridized carbons (Fsp3) is 0. The molecule has 2 nitrogen and oxygen atoms in total. The van der Waals surface area contributed by atoms with Crippen molar-refractivity contribution in [2.45, 2.75) is 0 Å². The molecule has 0 fully saturated rings. The Morgan fingerprint density at radius 1 is 0.222 bits per heavy atom. The number of rotatable bonds is 8. The Bertz CT molecular complexity index is 3350. The molecule has 3 heteroatoms. The first kappa shape index (κ1) is 36.7. The summed E-state index contributed by atoms with van der Waals surface area (Å²) in [5.74, 6) is 1.57. The molecule has 0 saturated heterocycles. The minimum absolute atomic E-state index is 0.0776. The second-order valence-electron chi connectivity index (χ2n) is 16.2.